The fourth-order valence-corrected chi connectivity index (χ4v) is 4.21. The third kappa shape index (κ3) is 7.59. The minimum Gasteiger partial charge on any atom is -0.439 e. The van der Waals surface area contributed by atoms with Crippen molar-refractivity contribution < 1.29 is 38.2 Å². The van der Waals surface area contributed by atoms with Crippen molar-refractivity contribution in [1.82, 2.24) is 5.32 Å². The van der Waals surface area contributed by atoms with Crippen LogP contribution in [0.15, 0.2) is 58.5 Å². The number of carbonyl (C=O) groups is 5. The second-order valence-corrected chi connectivity index (χ2v) is 9.11. The first-order valence-corrected chi connectivity index (χ1v) is 12.1. The van der Waals surface area contributed by atoms with E-state index in [1.165, 1.54) is 33.3 Å². The van der Waals surface area contributed by atoms with E-state index in [2.05, 4.69) is 5.32 Å². The summed E-state index contributed by atoms with van der Waals surface area (Å²) in [4.78, 5) is 62.9. The number of methoxy groups -OCH3 is 2. The summed E-state index contributed by atoms with van der Waals surface area (Å²) in [7, 11) is 2.81. The molecule has 0 fully saturated rings. The van der Waals surface area contributed by atoms with Crippen LogP contribution in [0.1, 0.15) is 40.0 Å². The first kappa shape index (κ1) is 30.4. The number of rotatable bonds is 3. The van der Waals surface area contributed by atoms with Gasteiger partial charge in [-0.1, -0.05) is 31.2 Å². The van der Waals surface area contributed by atoms with Gasteiger partial charge in [-0.25, -0.2) is 4.79 Å². The maximum Gasteiger partial charge on any atom is 0.405 e. The molecule has 5 N–H and O–H groups in total. The fraction of sp³-hybridized carbons (Fsp3) is 0.444. The van der Waals surface area contributed by atoms with Gasteiger partial charge in [0.05, 0.1) is 11.4 Å². The molecule has 0 saturated carbocycles. The van der Waals surface area contributed by atoms with Crippen LogP contribution in [0.2, 0.25) is 0 Å². The highest BCUT2D eigenvalue weighted by Crippen LogP contribution is 2.24. The number of Topliss-reactive ketones (excluding diaryl/α,β-unsaturated/α-hetero) is 2. The van der Waals surface area contributed by atoms with Gasteiger partial charge >= 0.3 is 6.09 Å². The first-order valence-electron chi connectivity index (χ1n) is 12.1. The fourth-order valence-electron chi connectivity index (χ4n) is 4.21. The SMILES string of the molecule is CO[C@H]1CCCC2=C(N)C(=O)C=C(NC(=O)/C(C)=C/C=C\[C@H](OC)C(OC(N)=O)/C(C)=C/[C@H](C)C1=O)C2=O. The molecule has 11 heteroatoms. The number of hydrogen-bond acceptors (Lipinski definition) is 9. The molecule has 1 aliphatic heterocycles. The summed E-state index contributed by atoms with van der Waals surface area (Å²) < 4.78 is 16.2. The van der Waals surface area contributed by atoms with Crippen LogP contribution < -0.4 is 16.8 Å². The van der Waals surface area contributed by atoms with Gasteiger partial charge in [0, 0.05) is 37.4 Å². The number of hydrogen-bond donors (Lipinski definition) is 3. The van der Waals surface area contributed by atoms with Crippen LogP contribution in [0.25, 0.3) is 0 Å². The topological polar surface area (TPSA) is 177 Å². The Morgan fingerprint density at radius 1 is 1.11 bits per heavy atom. The van der Waals surface area contributed by atoms with Crippen LogP contribution in [-0.2, 0) is 33.4 Å². The normalized spacial score (nSPS) is 30.0. The molecule has 1 aliphatic carbocycles. The van der Waals surface area contributed by atoms with E-state index in [1.54, 1.807) is 26.0 Å². The summed E-state index contributed by atoms with van der Waals surface area (Å²) >= 11 is 0. The van der Waals surface area contributed by atoms with Gasteiger partial charge in [0.15, 0.2) is 11.9 Å². The number of allylic oxidation sites excluding steroid dienone is 5. The van der Waals surface area contributed by atoms with Gasteiger partial charge in [0.2, 0.25) is 11.6 Å². The zero-order chi connectivity index (χ0) is 28.6. The average Bonchev–Trinajstić information content (AvgIpc) is 2.86. The van der Waals surface area contributed by atoms with E-state index in [4.69, 9.17) is 25.7 Å². The summed E-state index contributed by atoms with van der Waals surface area (Å²) in [6.07, 6.45) is 4.28. The molecule has 1 heterocycles. The highest BCUT2D eigenvalue weighted by molar-refractivity contribution is 6.23. The van der Waals surface area contributed by atoms with Crippen molar-refractivity contribution >= 4 is 29.4 Å². The Hall–Kier alpha value is -3.83. The number of carbonyl (C=O) groups excluding carboxylic acids is 5. The standard InChI is InChI=1S/C27H35N3O8/c1-14-8-6-11-21(37-5)25(38-27(29)35)16(3)12-15(2)23(32)20(36-4)10-7-9-17-22(28)19(31)13-18(24(17)33)30-26(14)34/h6,8,11-13,15,20-21,25H,7,9-10,28H2,1-5H3,(H2,29,35)(H,30,34)/b11-6-,14-8+,16-12+/t15-,20-,21-,25?/m0/s1. The van der Waals surface area contributed by atoms with Crippen molar-refractivity contribution in [2.45, 2.75) is 58.3 Å². The summed E-state index contributed by atoms with van der Waals surface area (Å²) in [5.41, 5.74) is 11.6. The Morgan fingerprint density at radius 3 is 2.39 bits per heavy atom. The maximum absolute atomic E-state index is 13.1. The second-order valence-electron chi connectivity index (χ2n) is 9.11. The van der Waals surface area contributed by atoms with Crippen LogP contribution in [-0.4, -0.2) is 61.9 Å². The second kappa shape index (κ2) is 13.6. The molecule has 206 valence electrons. The van der Waals surface area contributed by atoms with Crippen LogP contribution in [0, 0.1) is 5.92 Å². The molecule has 2 amide bonds. The lowest BCUT2D eigenvalue weighted by atomic mass is 9.90. The molecule has 0 saturated heterocycles. The number of primary amides is 1. The molecule has 4 atom stereocenters. The molecular weight excluding hydrogens is 494 g/mol. The predicted molar refractivity (Wildman–Crippen MR) is 138 cm³/mol. The van der Waals surface area contributed by atoms with Crippen LogP contribution in [0.5, 0.6) is 0 Å². The summed E-state index contributed by atoms with van der Waals surface area (Å²) in [5, 5.41) is 2.47. The number of ketones is 3. The van der Waals surface area contributed by atoms with Gasteiger partial charge in [-0.05, 0) is 38.7 Å². The summed E-state index contributed by atoms with van der Waals surface area (Å²) in [5.74, 6) is -2.60. The molecule has 0 aromatic heterocycles. The third-order valence-electron chi connectivity index (χ3n) is 6.36. The molecule has 0 spiro atoms. The van der Waals surface area contributed by atoms with Gasteiger partial charge in [0.1, 0.15) is 12.2 Å². The van der Waals surface area contributed by atoms with Gasteiger partial charge in [-0.2, -0.15) is 0 Å². The largest absolute Gasteiger partial charge is 0.439 e. The summed E-state index contributed by atoms with van der Waals surface area (Å²) in [6, 6.07) is 0. The molecule has 0 aromatic carbocycles. The molecule has 1 unspecified atom stereocenters. The number of ether oxygens (including phenoxy) is 3. The summed E-state index contributed by atoms with van der Waals surface area (Å²) in [6.45, 7) is 4.89. The Labute approximate surface area is 221 Å². The Balaban J connectivity index is 2.53. The quantitative estimate of drug-likeness (QED) is 0.362. The van der Waals surface area contributed by atoms with Crippen molar-refractivity contribution in [3.63, 3.8) is 0 Å². The van der Waals surface area contributed by atoms with E-state index >= 15 is 0 Å². The molecule has 2 aliphatic rings. The van der Waals surface area contributed by atoms with E-state index in [1.807, 2.05) is 0 Å². The Kier molecular flexibility index (Phi) is 10.9. The van der Waals surface area contributed by atoms with Gasteiger partial charge in [-0.3, -0.25) is 19.2 Å². The first-order chi connectivity index (χ1) is 17.9. The lowest BCUT2D eigenvalue weighted by Gasteiger charge is -2.25. The molecule has 38 heavy (non-hydrogen) atoms. The zero-order valence-electron chi connectivity index (χ0n) is 22.2. The lowest BCUT2D eigenvalue weighted by molar-refractivity contribution is -0.131. The van der Waals surface area contributed by atoms with E-state index in [0.29, 0.717) is 12.0 Å². The highest BCUT2D eigenvalue weighted by Gasteiger charge is 2.30. The van der Waals surface area contributed by atoms with Crippen LogP contribution in [0.3, 0.4) is 0 Å². The molecular formula is C27H35N3O8. The van der Waals surface area contributed by atoms with E-state index < -0.39 is 47.8 Å². The molecule has 0 radical (unpaired) electrons. The molecule has 2 rings (SSSR count). The average molecular weight is 530 g/mol. The van der Waals surface area contributed by atoms with Gasteiger partial charge in [-0.15, -0.1) is 0 Å². The van der Waals surface area contributed by atoms with Gasteiger partial charge in [0.25, 0.3) is 5.91 Å². The number of nitrogens with two attached hydrogens (primary N) is 2. The zero-order valence-corrected chi connectivity index (χ0v) is 22.2. The van der Waals surface area contributed by atoms with Crippen molar-refractivity contribution in [2.24, 2.45) is 17.4 Å². The number of fused-ring (bicyclic) bond motifs is 2. The minimum atomic E-state index is -1.02. The van der Waals surface area contributed by atoms with Crippen molar-refractivity contribution in [2.75, 3.05) is 14.2 Å². The molecule has 2 bridgehead atoms. The monoisotopic (exact) mass is 529 g/mol. The molecule has 0 aromatic rings. The van der Waals surface area contributed by atoms with E-state index in [9.17, 15) is 24.0 Å². The van der Waals surface area contributed by atoms with Gasteiger partial charge < -0.3 is 31.0 Å². The van der Waals surface area contributed by atoms with Crippen molar-refractivity contribution in [3.8, 4) is 0 Å². The van der Waals surface area contributed by atoms with E-state index in [0.717, 1.165) is 6.08 Å². The lowest BCUT2D eigenvalue weighted by Crippen LogP contribution is -2.35. The van der Waals surface area contributed by atoms with E-state index in [-0.39, 0.29) is 41.2 Å². The van der Waals surface area contributed by atoms with Crippen LogP contribution in [0.4, 0.5) is 4.79 Å². The Morgan fingerprint density at radius 2 is 1.79 bits per heavy atom. The highest BCUT2D eigenvalue weighted by atomic mass is 16.6. The molecule has 11 nitrogen and oxygen atoms in total. The number of amides is 2. The number of nitrogens with one attached hydrogen (secondary N) is 1. The van der Waals surface area contributed by atoms with Crippen LogP contribution >= 0.6 is 0 Å². The van der Waals surface area contributed by atoms with Crippen molar-refractivity contribution in [3.05, 3.63) is 58.5 Å². The predicted octanol–water partition coefficient (Wildman–Crippen LogP) is 1.68. The Bertz CT molecular complexity index is 1140. The third-order valence-corrected chi connectivity index (χ3v) is 6.36. The smallest absolute Gasteiger partial charge is 0.405 e. The van der Waals surface area contributed by atoms with Crippen molar-refractivity contribution in [1.29, 1.82) is 0 Å². The maximum atomic E-state index is 13.1. The minimum absolute atomic E-state index is 0.0766.